The molecule has 5 heteroatoms. The fourth-order valence-electron chi connectivity index (χ4n) is 3.17. The maximum absolute atomic E-state index is 12.9. The summed E-state index contributed by atoms with van der Waals surface area (Å²) in [6.07, 6.45) is 3.90. The van der Waals surface area contributed by atoms with Gasteiger partial charge in [0.05, 0.1) is 0 Å². The Balaban J connectivity index is 1.71. The van der Waals surface area contributed by atoms with Crippen LogP contribution in [0.2, 0.25) is 0 Å². The molecule has 0 aliphatic heterocycles. The Morgan fingerprint density at radius 1 is 1.22 bits per heavy atom. The van der Waals surface area contributed by atoms with E-state index < -0.39 is 0 Å². The highest BCUT2D eigenvalue weighted by Crippen LogP contribution is 2.28. The van der Waals surface area contributed by atoms with Crippen molar-refractivity contribution >= 4 is 11.8 Å². The predicted octanol–water partition coefficient (Wildman–Crippen LogP) is 2.73. The molecule has 0 radical (unpaired) electrons. The summed E-state index contributed by atoms with van der Waals surface area (Å²) in [7, 11) is 0. The van der Waals surface area contributed by atoms with Gasteiger partial charge in [-0.3, -0.25) is 9.59 Å². The number of halogens is 1. The largest absolute Gasteiger partial charge is 0.369 e. The third kappa shape index (κ3) is 5.34. The van der Waals surface area contributed by atoms with Gasteiger partial charge in [-0.2, -0.15) is 0 Å². The fourth-order valence-corrected chi connectivity index (χ4v) is 3.17. The molecule has 2 rings (SSSR count). The van der Waals surface area contributed by atoms with Crippen LogP contribution in [-0.2, 0) is 9.59 Å². The van der Waals surface area contributed by atoms with Crippen molar-refractivity contribution in [2.24, 2.45) is 17.6 Å². The first-order valence-electron chi connectivity index (χ1n) is 8.27. The van der Waals surface area contributed by atoms with Crippen molar-refractivity contribution in [2.45, 2.75) is 44.9 Å². The molecule has 0 unspecified atom stereocenters. The number of amides is 2. The van der Waals surface area contributed by atoms with Gasteiger partial charge in [0.15, 0.2) is 0 Å². The second-order valence-corrected chi connectivity index (χ2v) is 6.58. The Morgan fingerprint density at radius 3 is 2.39 bits per heavy atom. The van der Waals surface area contributed by atoms with E-state index in [-0.39, 0.29) is 29.5 Å². The van der Waals surface area contributed by atoms with Crippen LogP contribution in [0, 0.1) is 17.7 Å². The average molecular weight is 320 g/mol. The minimum atomic E-state index is -0.267. The molecule has 0 saturated heterocycles. The summed E-state index contributed by atoms with van der Waals surface area (Å²) in [5.41, 5.74) is 6.28. The van der Waals surface area contributed by atoms with Crippen molar-refractivity contribution in [3.05, 3.63) is 35.6 Å². The van der Waals surface area contributed by atoms with Crippen LogP contribution in [0.25, 0.3) is 0 Å². The van der Waals surface area contributed by atoms with Gasteiger partial charge in [-0.1, -0.05) is 19.1 Å². The van der Waals surface area contributed by atoms with Gasteiger partial charge in [-0.15, -0.1) is 0 Å². The van der Waals surface area contributed by atoms with Gasteiger partial charge in [-0.05, 0) is 55.2 Å². The van der Waals surface area contributed by atoms with Gasteiger partial charge in [-0.25, -0.2) is 4.39 Å². The van der Waals surface area contributed by atoms with Crippen LogP contribution >= 0.6 is 0 Å². The number of hydrogen-bond acceptors (Lipinski definition) is 2. The number of nitrogens with one attached hydrogen (secondary N) is 1. The molecule has 126 valence electrons. The molecule has 1 atom stereocenters. The van der Waals surface area contributed by atoms with Gasteiger partial charge in [0, 0.05) is 18.9 Å². The second-order valence-electron chi connectivity index (χ2n) is 6.58. The van der Waals surface area contributed by atoms with E-state index in [0.717, 1.165) is 31.2 Å². The van der Waals surface area contributed by atoms with Gasteiger partial charge >= 0.3 is 0 Å². The van der Waals surface area contributed by atoms with Crippen molar-refractivity contribution in [1.82, 2.24) is 5.32 Å². The van der Waals surface area contributed by atoms with Gasteiger partial charge in [0.2, 0.25) is 11.8 Å². The zero-order valence-electron chi connectivity index (χ0n) is 13.6. The maximum Gasteiger partial charge on any atom is 0.220 e. The maximum atomic E-state index is 12.9. The summed E-state index contributed by atoms with van der Waals surface area (Å²) in [6, 6.07) is 6.28. The highest BCUT2D eigenvalue weighted by atomic mass is 19.1. The first-order chi connectivity index (χ1) is 11.0. The first kappa shape index (κ1) is 17.4. The van der Waals surface area contributed by atoms with Crippen LogP contribution in [0.3, 0.4) is 0 Å². The third-order valence-electron chi connectivity index (χ3n) is 4.77. The summed E-state index contributed by atoms with van der Waals surface area (Å²) in [5, 5.41) is 2.98. The Kier molecular flexibility index (Phi) is 6.13. The molecule has 0 spiro atoms. The Morgan fingerprint density at radius 2 is 1.83 bits per heavy atom. The Hall–Kier alpha value is -1.91. The zero-order chi connectivity index (χ0) is 16.8. The van der Waals surface area contributed by atoms with Crippen LogP contribution in [0.5, 0.6) is 0 Å². The number of carbonyl (C=O) groups is 2. The minimum Gasteiger partial charge on any atom is -0.369 e. The van der Waals surface area contributed by atoms with Crippen molar-refractivity contribution in [3.8, 4) is 0 Å². The summed E-state index contributed by atoms with van der Waals surface area (Å²) in [5.74, 6) is 0.0220. The quantitative estimate of drug-likeness (QED) is 0.846. The highest BCUT2D eigenvalue weighted by Gasteiger charge is 2.24. The molecular weight excluding hydrogens is 295 g/mol. The molecule has 1 aromatic rings. The van der Waals surface area contributed by atoms with E-state index in [1.165, 1.54) is 12.1 Å². The molecule has 1 saturated carbocycles. The van der Waals surface area contributed by atoms with Crippen molar-refractivity contribution < 1.29 is 14.0 Å². The van der Waals surface area contributed by atoms with Gasteiger partial charge in [0.1, 0.15) is 5.82 Å². The summed E-state index contributed by atoms with van der Waals surface area (Å²) in [6.45, 7) is 2.62. The molecule has 1 aliphatic carbocycles. The highest BCUT2D eigenvalue weighted by molar-refractivity contribution is 5.77. The molecule has 3 N–H and O–H groups in total. The average Bonchev–Trinajstić information content (AvgIpc) is 2.54. The van der Waals surface area contributed by atoms with E-state index >= 15 is 0 Å². The smallest absolute Gasteiger partial charge is 0.220 e. The van der Waals surface area contributed by atoms with Crippen LogP contribution < -0.4 is 11.1 Å². The lowest BCUT2D eigenvalue weighted by atomic mass is 9.81. The van der Waals surface area contributed by atoms with Gasteiger partial charge in [0.25, 0.3) is 0 Å². The van der Waals surface area contributed by atoms with E-state index in [0.29, 0.717) is 18.9 Å². The predicted molar refractivity (Wildman–Crippen MR) is 87.1 cm³/mol. The number of rotatable bonds is 6. The summed E-state index contributed by atoms with van der Waals surface area (Å²) in [4.78, 5) is 23.2. The number of primary amides is 1. The molecular formula is C18H25FN2O2. The van der Waals surface area contributed by atoms with E-state index in [1.54, 1.807) is 12.1 Å². The lowest BCUT2D eigenvalue weighted by Crippen LogP contribution is -2.34. The van der Waals surface area contributed by atoms with E-state index in [9.17, 15) is 14.0 Å². The Bertz CT molecular complexity index is 536. The molecule has 23 heavy (non-hydrogen) atoms. The SMILES string of the molecule is C[C@@H](CC(=O)NCC1CCC(C(N)=O)CC1)c1ccc(F)cc1. The zero-order valence-corrected chi connectivity index (χ0v) is 13.6. The number of hydrogen-bond donors (Lipinski definition) is 2. The number of nitrogens with two attached hydrogens (primary N) is 1. The molecule has 4 nitrogen and oxygen atoms in total. The van der Waals surface area contributed by atoms with Crippen LogP contribution in [0.1, 0.15) is 50.5 Å². The summed E-state index contributed by atoms with van der Waals surface area (Å²) >= 11 is 0. The molecule has 1 aliphatic rings. The van der Waals surface area contributed by atoms with Crippen molar-refractivity contribution in [2.75, 3.05) is 6.54 Å². The topological polar surface area (TPSA) is 72.2 Å². The second kappa shape index (κ2) is 8.09. The minimum absolute atomic E-state index is 0.000417. The molecule has 0 bridgehead atoms. The molecule has 2 amide bonds. The molecule has 1 fully saturated rings. The summed E-state index contributed by atoms with van der Waals surface area (Å²) < 4.78 is 12.9. The molecule has 0 aromatic heterocycles. The van der Waals surface area contributed by atoms with E-state index in [4.69, 9.17) is 5.73 Å². The fraction of sp³-hybridized carbons (Fsp3) is 0.556. The number of benzene rings is 1. The van der Waals surface area contributed by atoms with Crippen LogP contribution in [0.15, 0.2) is 24.3 Å². The van der Waals surface area contributed by atoms with E-state index in [1.807, 2.05) is 6.92 Å². The van der Waals surface area contributed by atoms with Gasteiger partial charge < -0.3 is 11.1 Å². The van der Waals surface area contributed by atoms with Crippen LogP contribution in [-0.4, -0.2) is 18.4 Å². The first-order valence-corrected chi connectivity index (χ1v) is 8.27. The molecule has 1 aromatic carbocycles. The third-order valence-corrected chi connectivity index (χ3v) is 4.77. The van der Waals surface area contributed by atoms with E-state index in [2.05, 4.69) is 5.32 Å². The standard InChI is InChI=1S/C18H25FN2O2/c1-12(14-6-8-16(19)9-7-14)10-17(22)21-11-13-2-4-15(5-3-13)18(20)23/h6-9,12-13,15H,2-5,10-11H2,1H3,(H2,20,23)(H,21,22)/t12-,13?,15?/m0/s1. The lowest BCUT2D eigenvalue weighted by molar-refractivity contribution is -0.124. The Labute approximate surface area is 136 Å². The van der Waals surface area contributed by atoms with Crippen molar-refractivity contribution in [1.29, 1.82) is 0 Å². The normalized spacial score (nSPS) is 22.3. The number of carbonyl (C=O) groups excluding carboxylic acids is 2. The molecule has 0 heterocycles. The monoisotopic (exact) mass is 320 g/mol. The lowest BCUT2D eigenvalue weighted by Gasteiger charge is -2.26. The van der Waals surface area contributed by atoms with Crippen molar-refractivity contribution in [3.63, 3.8) is 0 Å². The van der Waals surface area contributed by atoms with Crippen LogP contribution in [0.4, 0.5) is 4.39 Å².